The minimum atomic E-state index is -0.534. The van der Waals surface area contributed by atoms with Gasteiger partial charge >= 0.3 is 0 Å². The fourth-order valence-corrected chi connectivity index (χ4v) is 2.77. The van der Waals surface area contributed by atoms with Gasteiger partial charge in [-0.1, -0.05) is 24.6 Å². The number of aryl methyl sites for hydroxylation is 2. The maximum Gasteiger partial charge on any atom is 0.0591 e. The number of fused-ring (bicyclic) bond motifs is 1. The zero-order valence-electron chi connectivity index (χ0n) is 12.5. The van der Waals surface area contributed by atoms with E-state index in [-0.39, 0.29) is 0 Å². The second kappa shape index (κ2) is 5.38. The van der Waals surface area contributed by atoms with Crippen LogP contribution in [0.25, 0.3) is 10.9 Å². The molecule has 0 aliphatic carbocycles. The smallest absolute Gasteiger partial charge is 0.0591 e. The normalized spacial score (nSPS) is 12.3. The molecule has 1 aromatic heterocycles. The monoisotopic (exact) mass is 259 g/mol. The van der Waals surface area contributed by atoms with Crippen molar-refractivity contribution in [2.24, 2.45) is 7.05 Å². The van der Waals surface area contributed by atoms with E-state index in [4.69, 9.17) is 0 Å². The predicted octanol–water partition coefficient (Wildman–Crippen LogP) is 3.97. The molecule has 104 valence electrons. The number of aromatic nitrogens is 1. The molecule has 0 amide bonds. The summed E-state index contributed by atoms with van der Waals surface area (Å²) in [4.78, 5) is 0. The van der Waals surface area contributed by atoms with Crippen molar-refractivity contribution in [1.29, 1.82) is 0 Å². The highest BCUT2D eigenvalue weighted by molar-refractivity contribution is 5.85. The van der Waals surface area contributed by atoms with Gasteiger partial charge in [0.1, 0.15) is 0 Å². The summed E-state index contributed by atoms with van der Waals surface area (Å²) < 4.78 is 2.28. The standard InChI is InChI=1S/C17H25NO/c1-13-14(9-7-8-12-17(2,3)19)15-10-5-6-11-16(15)18(13)4/h5-6,10-11,19H,7-9,12H2,1-4H3. The lowest BCUT2D eigenvalue weighted by atomic mass is 9.98. The molecular formula is C17H25NO. The summed E-state index contributed by atoms with van der Waals surface area (Å²) >= 11 is 0. The highest BCUT2D eigenvalue weighted by Gasteiger charge is 2.13. The van der Waals surface area contributed by atoms with Gasteiger partial charge in [-0.15, -0.1) is 0 Å². The van der Waals surface area contributed by atoms with Crippen LogP contribution >= 0.6 is 0 Å². The number of hydrogen-bond acceptors (Lipinski definition) is 1. The molecule has 0 unspecified atom stereocenters. The Bertz CT molecular complexity index is 560. The molecule has 0 aliphatic heterocycles. The number of nitrogens with zero attached hydrogens (tertiary/aromatic N) is 1. The molecule has 0 aliphatic rings. The first-order chi connectivity index (χ1) is 8.90. The van der Waals surface area contributed by atoms with Crippen LogP contribution in [0.15, 0.2) is 24.3 Å². The van der Waals surface area contributed by atoms with E-state index in [2.05, 4.69) is 42.8 Å². The molecule has 0 radical (unpaired) electrons. The van der Waals surface area contributed by atoms with E-state index >= 15 is 0 Å². The summed E-state index contributed by atoms with van der Waals surface area (Å²) in [5.74, 6) is 0. The molecule has 2 heteroatoms. The van der Waals surface area contributed by atoms with Crippen LogP contribution in [0.2, 0.25) is 0 Å². The number of rotatable bonds is 5. The molecule has 0 saturated carbocycles. The van der Waals surface area contributed by atoms with Gasteiger partial charge in [-0.2, -0.15) is 0 Å². The maximum absolute atomic E-state index is 9.74. The first-order valence-corrected chi connectivity index (χ1v) is 7.15. The van der Waals surface area contributed by atoms with Crippen LogP contribution in [-0.4, -0.2) is 15.3 Å². The number of hydrogen-bond donors (Lipinski definition) is 1. The molecule has 0 atom stereocenters. The molecule has 1 N–H and O–H groups in total. The van der Waals surface area contributed by atoms with E-state index in [1.807, 2.05) is 13.8 Å². The molecular weight excluding hydrogens is 234 g/mol. The van der Waals surface area contributed by atoms with Crippen molar-refractivity contribution in [3.05, 3.63) is 35.5 Å². The number of aliphatic hydroxyl groups is 1. The summed E-state index contributed by atoms with van der Waals surface area (Å²) in [6.07, 6.45) is 4.19. The SMILES string of the molecule is Cc1c(CCCCC(C)(C)O)c2ccccc2n1C. The topological polar surface area (TPSA) is 25.2 Å². The lowest BCUT2D eigenvalue weighted by molar-refractivity contribution is 0.0682. The van der Waals surface area contributed by atoms with Crippen LogP contribution in [-0.2, 0) is 13.5 Å². The summed E-state index contributed by atoms with van der Waals surface area (Å²) in [5, 5.41) is 11.1. The Morgan fingerprint density at radius 1 is 1.16 bits per heavy atom. The van der Waals surface area contributed by atoms with Crippen LogP contribution in [0, 0.1) is 6.92 Å². The van der Waals surface area contributed by atoms with Crippen molar-refractivity contribution in [3.63, 3.8) is 0 Å². The van der Waals surface area contributed by atoms with Gasteiger partial charge in [0, 0.05) is 23.6 Å². The lowest BCUT2D eigenvalue weighted by Crippen LogP contribution is -2.17. The summed E-state index contributed by atoms with van der Waals surface area (Å²) in [7, 11) is 2.14. The van der Waals surface area contributed by atoms with Gasteiger partial charge in [-0.05, 0) is 51.7 Å². The van der Waals surface area contributed by atoms with E-state index in [0.717, 1.165) is 25.7 Å². The van der Waals surface area contributed by atoms with Crippen molar-refractivity contribution < 1.29 is 5.11 Å². The molecule has 0 spiro atoms. The first kappa shape index (κ1) is 14.1. The molecule has 0 bridgehead atoms. The molecule has 19 heavy (non-hydrogen) atoms. The van der Waals surface area contributed by atoms with Crippen molar-refractivity contribution in [2.45, 2.75) is 52.1 Å². The van der Waals surface area contributed by atoms with E-state index in [9.17, 15) is 5.11 Å². The minimum Gasteiger partial charge on any atom is -0.390 e. The Morgan fingerprint density at radius 2 is 1.84 bits per heavy atom. The third kappa shape index (κ3) is 3.19. The van der Waals surface area contributed by atoms with Gasteiger partial charge in [-0.3, -0.25) is 0 Å². The third-order valence-corrected chi connectivity index (χ3v) is 4.00. The van der Waals surface area contributed by atoms with Crippen LogP contribution in [0.5, 0.6) is 0 Å². The van der Waals surface area contributed by atoms with Crippen molar-refractivity contribution in [1.82, 2.24) is 4.57 Å². The van der Waals surface area contributed by atoms with Gasteiger partial charge in [0.15, 0.2) is 0 Å². The van der Waals surface area contributed by atoms with Gasteiger partial charge in [0.25, 0.3) is 0 Å². The van der Waals surface area contributed by atoms with Gasteiger partial charge in [0.05, 0.1) is 5.60 Å². The maximum atomic E-state index is 9.74. The molecule has 0 saturated heterocycles. The molecule has 2 aromatic rings. The van der Waals surface area contributed by atoms with Crippen molar-refractivity contribution >= 4 is 10.9 Å². The van der Waals surface area contributed by atoms with E-state index < -0.39 is 5.60 Å². The van der Waals surface area contributed by atoms with Crippen LogP contribution in [0.4, 0.5) is 0 Å². The zero-order valence-corrected chi connectivity index (χ0v) is 12.5. The zero-order chi connectivity index (χ0) is 14.0. The van der Waals surface area contributed by atoms with E-state index in [0.29, 0.717) is 0 Å². The van der Waals surface area contributed by atoms with Crippen LogP contribution in [0.1, 0.15) is 44.4 Å². The van der Waals surface area contributed by atoms with Crippen molar-refractivity contribution in [3.8, 4) is 0 Å². The highest BCUT2D eigenvalue weighted by atomic mass is 16.3. The van der Waals surface area contributed by atoms with Crippen molar-refractivity contribution in [2.75, 3.05) is 0 Å². The third-order valence-electron chi connectivity index (χ3n) is 4.00. The van der Waals surface area contributed by atoms with Gasteiger partial charge in [0.2, 0.25) is 0 Å². The van der Waals surface area contributed by atoms with Crippen LogP contribution < -0.4 is 0 Å². The Hall–Kier alpha value is -1.28. The number of para-hydroxylation sites is 1. The average molecular weight is 259 g/mol. The molecule has 0 fully saturated rings. The quantitative estimate of drug-likeness (QED) is 0.808. The second-order valence-electron chi connectivity index (χ2n) is 6.16. The highest BCUT2D eigenvalue weighted by Crippen LogP contribution is 2.26. The Morgan fingerprint density at radius 3 is 2.53 bits per heavy atom. The van der Waals surface area contributed by atoms with E-state index in [1.165, 1.54) is 22.2 Å². The Balaban J connectivity index is 2.11. The summed E-state index contributed by atoms with van der Waals surface area (Å²) in [5.41, 5.74) is 3.61. The Labute approximate surface area is 116 Å². The minimum absolute atomic E-state index is 0.534. The molecule has 2 rings (SSSR count). The molecule has 1 aromatic carbocycles. The fourth-order valence-electron chi connectivity index (χ4n) is 2.77. The van der Waals surface area contributed by atoms with E-state index in [1.54, 1.807) is 0 Å². The molecule has 2 nitrogen and oxygen atoms in total. The Kier molecular flexibility index (Phi) is 4.00. The fraction of sp³-hybridized carbons (Fsp3) is 0.529. The van der Waals surface area contributed by atoms with Crippen LogP contribution in [0.3, 0.4) is 0 Å². The average Bonchev–Trinajstić information content (AvgIpc) is 2.58. The van der Waals surface area contributed by atoms with Gasteiger partial charge < -0.3 is 9.67 Å². The summed E-state index contributed by atoms with van der Waals surface area (Å²) in [6.45, 7) is 5.97. The first-order valence-electron chi connectivity index (χ1n) is 7.15. The lowest BCUT2D eigenvalue weighted by Gasteiger charge is -2.16. The largest absolute Gasteiger partial charge is 0.390 e. The van der Waals surface area contributed by atoms with Gasteiger partial charge in [-0.25, -0.2) is 0 Å². The summed E-state index contributed by atoms with van der Waals surface area (Å²) in [6, 6.07) is 8.61. The number of unbranched alkanes of at least 4 members (excludes halogenated alkanes) is 1. The predicted molar refractivity (Wildman–Crippen MR) is 81.5 cm³/mol. The second-order valence-corrected chi connectivity index (χ2v) is 6.16. The number of benzene rings is 1. The molecule has 1 heterocycles.